The Bertz CT molecular complexity index is 171. The SMILES string of the molecule is CCC1(C)OC(=O)C(CCl)O1. The molecule has 0 aromatic heterocycles. The minimum absolute atomic E-state index is 0.161. The Morgan fingerprint density at radius 1 is 1.73 bits per heavy atom. The van der Waals surface area contributed by atoms with Gasteiger partial charge in [0.2, 0.25) is 5.79 Å². The van der Waals surface area contributed by atoms with Gasteiger partial charge in [0.05, 0.1) is 5.88 Å². The predicted octanol–water partition coefficient (Wildman–Crippen LogP) is 1.29. The predicted molar refractivity (Wildman–Crippen MR) is 40.4 cm³/mol. The average Bonchev–Trinajstić information content (AvgIpc) is 2.27. The van der Waals surface area contributed by atoms with Gasteiger partial charge in [0.25, 0.3) is 0 Å². The molecule has 1 aliphatic rings. The summed E-state index contributed by atoms with van der Waals surface area (Å²) in [5, 5.41) is 0. The maximum atomic E-state index is 10.9. The number of carbonyl (C=O) groups is 1. The highest BCUT2D eigenvalue weighted by atomic mass is 35.5. The van der Waals surface area contributed by atoms with Crippen molar-refractivity contribution < 1.29 is 14.3 Å². The molecule has 2 atom stereocenters. The summed E-state index contributed by atoms with van der Waals surface area (Å²) < 4.78 is 10.2. The number of hydrogen-bond acceptors (Lipinski definition) is 3. The van der Waals surface area contributed by atoms with Crippen LogP contribution in [0.25, 0.3) is 0 Å². The van der Waals surface area contributed by atoms with Crippen molar-refractivity contribution in [2.45, 2.75) is 32.2 Å². The number of ether oxygens (including phenoxy) is 2. The van der Waals surface area contributed by atoms with Crippen molar-refractivity contribution in [3.05, 3.63) is 0 Å². The lowest BCUT2D eigenvalue weighted by atomic mass is 10.2. The zero-order valence-electron chi connectivity index (χ0n) is 6.59. The maximum Gasteiger partial charge on any atom is 0.339 e. The summed E-state index contributed by atoms with van der Waals surface area (Å²) in [6.07, 6.45) is 0.0631. The molecule has 1 aliphatic heterocycles. The quantitative estimate of drug-likeness (QED) is 0.472. The van der Waals surface area contributed by atoms with Gasteiger partial charge in [0.15, 0.2) is 6.10 Å². The fourth-order valence-electron chi connectivity index (χ4n) is 0.902. The van der Waals surface area contributed by atoms with E-state index in [4.69, 9.17) is 21.1 Å². The van der Waals surface area contributed by atoms with Crippen molar-refractivity contribution in [1.82, 2.24) is 0 Å². The highest BCUT2D eigenvalue weighted by Gasteiger charge is 2.42. The lowest BCUT2D eigenvalue weighted by Gasteiger charge is -2.18. The summed E-state index contributed by atoms with van der Waals surface area (Å²) in [4.78, 5) is 10.9. The first kappa shape index (κ1) is 8.81. The van der Waals surface area contributed by atoms with Crippen molar-refractivity contribution >= 4 is 17.6 Å². The van der Waals surface area contributed by atoms with Gasteiger partial charge in [0.1, 0.15) is 0 Å². The van der Waals surface area contributed by atoms with Crippen LogP contribution in [0.5, 0.6) is 0 Å². The van der Waals surface area contributed by atoms with Crippen LogP contribution in [-0.4, -0.2) is 23.7 Å². The van der Waals surface area contributed by atoms with E-state index < -0.39 is 11.9 Å². The maximum absolute atomic E-state index is 10.9. The first-order valence-electron chi connectivity index (χ1n) is 3.58. The number of alkyl halides is 1. The van der Waals surface area contributed by atoms with E-state index in [1.54, 1.807) is 6.92 Å². The van der Waals surface area contributed by atoms with Gasteiger partial charge in [0, 0.05) is 13.3 Å². The van der Waals surface area contributed by atoms with E-state index in [2.05, 4.69) is 0 Å². The van der Waals surface area contributed by atoms with E-state index in [9.17, 15) is 4.79 Å². The summed E-state index contributed by atoms with van der Waals surface area (Å²) in [5.41, 5.74) is 0. The van der Waals surface area contributed by atoms with Gasteiger partial charge in [-0.3, -0.25) is 0 Å². The molecule has 0 aliphatic carbocycles. The number of halogens is 1. The molecule has 0 bridgehead atoms. The molecule has 11 heavy (non-hydrogen) atoms. The van der Waals surface area contributed by atoms with E-state index in [1.165, 1.54) is 0 Å². The first-order chi connectivity index (χ1) is 5.11. The van der Waals surface area contributed by atoms with Crippen LogP contribution < -0.4 is 0 Å². The van der Waals surface area contributed by atoms with E-state index in [1.807, 2.05) is 6.92 Å². The second kappa shape index (κ2) is 2.99. The summed E-state index contributed by atoms with van der Waals surface area (Å²) in [5.74, 6) is -0.949. The van der Waals surface area contributed by atoms with E-state index in [0.717, 1.165) is 0 Å². The third kappa shape index (κ3) is 1.65. The van der Waals surface area contributed by atoms with Gasteiger partial charge >= 0.3 is 5.97 Å². The number of carbonyl (C=O) groups excluding carboxylic acids is 1. The molecule has 0 amide bonds. The van der Waals surface area contributed by atoms with Crippen LogP contribution in [0.15, 0.2) is 0 Å². The Hall–Kier alpha value is -0.280. The van der Waals surface area contributed by atoms with Crippen LogP contribution in [0.2, 0.25) is 0 Å². The van der Waals surface area contributed by atoms with Gasteiger partial charge in [-0.25, -0.2) is 4.79 Å². The molecule has 0 aromatic carbocycles. The minimum Gasteiger partial charge on any atom is -0.431 e. The highest BCUT2D eigenvalue weighted by Crippen LogP contribution is 2.27. The highest BCUT2D eigenvalue weighted by molar-refractivity contribution is 6.19. The smallest absolute Gasteiger partial charge is 0.339 e. The Morgan fingerprint density at radius 3 is 2.64 bits per heavy atom. The van der Waals surface area contributed by atoms with Crippen molar-refractivity contribution in [2.24, 2.45) is 0 Å². The molecule has 0 N–H and O–H groups in total. The first-order valence-corrected chi connectivity index (χ1v) is 4.11. The van der Waals surface area contributed by atoms with Gasteiger partial charge < -0.3 is 9.47 Å². The van der Waals surface area contributed by atoms with Crippen LogP contribution in [0.1, 0.15) is 20.3 Å². The van der Waals surface area contributed by atoms with Crippen molar-refractivity contribution in [3.8, 4) is 0 Å². The Kier molecular flexibility index (Phi) is 2.40. The third-order valence-corrected chi connectivity index (χ3v) is 2.03. The molecule has 0 radical (unpaired) electrons. The second-order valence-electron chi connectivity index (χ2n) is 2.67. The van der Waals surface area contributed by atoms with Crippen LogP contribution in [0, 0.1) is 0 Å². The zero-order chi connectivity index (χ0) is 8.48. The molecule has 1 fully saturated rings. The molecule has 0 saturated carbocycles. The minimum atomic E-state index is -0.753. The summed E-state index contributed by atoms with van der Waals surface area (Å²) in [7, 11) is 0. The Morgan fingerprint density at radius 2 is 2.36 bits per heavy atom. The molecule has 1 rings (SSSR count). The van der Waals surface area contributed by atoms with Gasteiger partial charge in [-0.05, 0) is 0 Å². The summed E-state index contributed by atoms with van der Waals surface area (Å²) in [6, 6.07) is 0. The van der Waals surface area contributed by atoms with Gasteiger partial charge in [-0.1, -0.05) is 6.92 Å². The molecule has 4 heteroatoms. The van der Waals surface area contributed by atoms with E-state index in [0.29, 0.717) is 6.42 Å². The van der Waals surface area contributed by atoms with Crippen molar-refractivity contribution in [1.29, 1.82) is 0 Å². The molecular weight excluding hydrogens is 168 g/mol. The lowest BCUT2D eigenvalue weighted by Crippen LogP contribution is -2.25. The molecule has 3 nitrogen and oxygen atoms in total. The van der Waals surface area contributed by atoms with Crippen LogP contribution in [0.3, 0.4) is 0 Å². The fourth-order valence-corrected chi connectivity index (χ4v) is 1.09. The van der Waals surface area contributed by atoms with E-state index >= 15 is 0 Å². The number of cyclic esters (lactones) is 1. The molecule has 1 saturated heterocycles. The topological polar surface area (TPSA) is 35.5 Å². The van der Waals surface area contributed by atoms with Crippen LogP contribution in [0.4, 0.5) is 0 Å². The van der Waals surface area contributed by atoms with Crippen LogP contribution >= 0.6 is 11.6 Å². The molecular formula is C7H11ClO3. The summed E-state index contributed by atoms with van der Waals surface area (Å²) in [6.45, 7) is 3.63. The molecule has 1 heterocycles. The fraction of sp³-hybridized carbons (Fsp3) is 0.857. The van der Waals surface area contributed by atoms with Crippen molar-refractivity contribution in [3.63, 3.8) is 0 Å². The van der Waals surface area contributed by atoms with Gasteiger partial charge in [-0.15, -0.1) is 11.6 Å². The number of esters is 1. The largest absolute Gasteiger partial charge is 0.431 e. The van der Waals surface area contributed by atoms with Crippen LogP contribution in [-0.2, 0) is 14.3 Å². The third-order valence-electron chi connectivity index (χ3n) is 1.75. The normalized spacial score (nSPS) is 37.4. The lowest BCUT2D eigenvalue weighted by molar-refractivity contribution is -0.168. The molecule has 0 aromatic rings. The number of hydrogen-bond donors (Lipinski definition) is 0. The van der Waals surface area contributed by atoms with E-state index in [-0.39, 0.29) is 11.8 Å². The average molecular weight is 179 g/mol. The van der Waals surface area contributed by atoms with Gasteiger partial charge in [-0.2, -0.15) is 0 Å². The zero-order valence-corrected chi connectivity index (χ0v) is 7.35. The Balaban J connectivity index is 2.62. The summed E-state index contributed by atoms with van der Waals surface area (Å²) >= 11 is 5.46. The monoisotopic (exact) mass is 178 g/mol. The van der Waals surface area contributed by atoms with Crippen molar-refractivity contribution in [2.75, 3.05) is 5.88 Å². The number of rotatable bonds is 2. The molecule has 64 valence electrons. The standard InChI is InChI=1S/C7H11ClO3/c1-3-7(2)10-5(4-8)6(9)11-7/h5H,3-4H2,1-2H3. The second-order valence-corrected chi connectivity index (χ2v) is 2.98. The molecule has 0 spiro atoms. The molecule has 2 unspecified atom stereocenters. The Labute approximate surface area is 70.6 Å².